The van der Waals surface area contributed by atoms with Crippen molar-refractivity contribution in [1.82, 2.24) is 0 Å². The van der Waals surface area contributed by atoms with E-state index in [4.69, 9.17) is 14.2 Å². The molecule has 0 N–H and O–H groups in total. The van der Waals surface area contributed by atoms with E-state index in [0.717, 1.165) is 4.90 Å². The van der Waals surface area contributed by atoms with Crippen LogP contribution in [0, 0.1) is 0 Å². The summed E-state index contributed by atoms with van der Waals surface area (Å²) in [6.45, 7) is -0.308. The van der Waals surface area contributed by atoms with Gasteiger partial charge < -0.3 is 14.2 Å². The van der Waals surface area contributed by atoms with E-state index in [2.05, 4.69) is 0 Å². The van der Waals surface area contributed by atoms with Crippen molar-refractivity contribution in [2.45, 2.75) is 4.90 Å². The largest absolute Gasteiger partial charge is 0.493 e. The molecule has 0 saturated carbocycles. The average Bonchev–Trinajstić information content (AvgIpc) is 2.69. The molecule has 0 aliphatic heterocycles. The van der Waals surface area contributed by atoms with Gasteiger partial charge in [-0.3, -0.25) is 4.79 Å². The standard InChI is InChI=1S/C20H20O5S/c1-23-18-6-4-5-15(20(18)24-2)9-12-19(22)25-13-17(21)14-7-10-16(26-3)11-8-14/h4-12H,13H2,1-3H3/b12-9+. The number of hydrogen-bond donors (Lipinski definition) is 0. The Labute approximate surface area is 157 Å². The maximum Gasteiger partial charge on any atom is 0.331 e. The number of rotatable bonds is 8. The molecule has 0 amide bonds. The van der Waals surface area contributed by atoms with Gasteiger partial charge in [0.2, 0.25) is 0 Å². The number of carbonyl (C=O) groups excluding carboxylic acids is 2. The third kappa shape index (κ3) is 5.13. The van der Waals surface area contributed by atoms with Crippen LogP contribution in [0.1, 0.15) is 15.9 Å². The molecule has 0 aromatic heterocycles. The molecular formula is C20H20O5S. The first kappa shape index (κ1) is 19.6. The highest BCUT2D eigenvalue weighted by Gasteiger charge is 2.10. The van der Waals surface area contributed by atoms with Crippen LogP contribution in [0.25, 0.3) is 6.08 Å². The lowest BCUT2D eigenvalue weighted by molar-refractivity contribution is -0.136. The number of benzene rings is 2. The van der Waals surface area contributed by atoms with Gasteiger partial charge >= 0.3 is 5.97 Å². The minimum absolute atomic E-state index is 0.252. The zero-order valence-electron chi connectivity index (χ0n) is 14.9. The van der Waals surface area contributed by atoms with Crippen molar-refractivity contribution in [1.29, 1.82) is 0 Å². The van der Waals surface area contributed by atoms with E-state index in [1.54, 1.807) is 48.2 Å². The summed E-state index contributed by atoms with van der Waals surface area (Å²) in [6, 6.07) is 12.5. The molecule has 0 spiro atoms. The van der Waals surface area contributed by atoms with Gasteiger partial charge in [-0.05, 0) is 30.5 Å². The normalized spacial score (nSPS) is 10.6. The number of esters is 1. The van der Waals surface area contributed by atoms with E-state index in [9.17, 15) is 9.59 Å². The quantitative estimate of drug-likeness (QED) is 0.303. The fraction of sp³-hybridized carbons (Fsp3) is 0.200. The third-order valence-electron chi connectivity index (χ3n) is 3.59. The number of thioether (sulfide) groups is 1. The predicted octanol–water partition coefficient (Wildman–Crippen LogP) is 3.87. The Balaban J connectivity index is 1.96. The Morgan fingerprint density at radius 3 is 2.38 bits per heavy atom. The number of ether oxygens (including phenoxy) is 3. The first-order valence-electron chi connectivity index (χ1n) is 7.82. The number of ketones is 1. The second-order valence-corrected chi connectivity index (χ2v) is 6.06. The summed E-state index contributed by atoms with van der Waals surface area (Å²) < 4.78 is 15.5. The van der Waals surface area contributed by atoms with Crippen molar-refractivity contribution in [2.24, 2.45) is 0 Å². The van der Waals surface area contributed by atoms with E-state index in [-0.39, 0.29) is 12.4 Å². The fourth-order valence-electron chi connectivity index (χ4n) is 2.25. The van der Waals surface area contributed by atoms with Gasteiger partial charge in [-0.15, -0.1) is 11.8 Å². The van der Waals surface area contributed by atoms with Gasteiger partial charge in [0.25, 0.3) is 0 Å². The van der Waals surface area contributed by atoms with Crippen molar-refractivity contribution in [3.05, 3.63) is 59.7 Å². The molecule has 0 unspecified atom stereocenters. The Bertz CT molecular complexity index is 796. The second-order valence-electron chi connectivity index (χ2n) is 5.18. The van der Waals surface area contributed by atoms with E-state index in [1.807, 2.05) is 18.4 Å². The van der Waals surface area contributed by atoms with Crippen LogP contribution < -0.4 is 9.47 Å². The summed E-state index contributed by atoms with van der Waals surface area (Å²) in [5.74, 6) is 0.221. The molecule has 2 aromatic rings. The Morgan fingerprint density at radius 2 is 1.77 bits per heavy atom. The summed E-state index contributed by atoms with van der Waals surface area (Å²) in [5.41, 5.74) is 1.18. The van der Waals surface area contributed by atoms with Gasteiger partial charge in [0.15, 0.2) is 23.9 Å². The SMILES string of the molecule is COc1cccc(/C=C/C(=O)OCC(=O)c2ccc(SC)cc2)c1OC. The van der Waals surface area contributed by atoms with Crippen molar-refractivity contribution in [3.8, 4) is 11.5 Å². The van der Waals surface area contributed by atoms with Gasteiger partial charge in [0, 0.05) is 22.1 Å². The molecule has 26 heavy (non-hydrogen) atoms. The van der Waals surface area contributed by atoms with Crippen molar-refractivity contribution >= 4 is 29.6 Å². The van der Waals surface area contributed by atoms with Crippen LogP contribution in [-0.2, 0) is 9.53 Å². The van der Waals surface area contributed by atoms with Crippen LogP contribution in [0.15, 0.2) is 53.4 Å². The smallest absolute Gasteiger partial charge is 0.331 e. The molecule has 136 valence electrons. The molecule has 0 aliphatic carbocycles. The first-order chi connectivity index (χ1) is 12.6. The average molecular weight is 372 g/mol. The first-order valence-corrected chi connectivity index (χ1v) is 9.04. The molecule has 0 heterocycles. The summed E-state index contributed by atoms with van der Waals surface area (Å²) in [6.07, 6.45) is 4.77. The maximum absolute atomic E-state index is 12.1. The predicted molar refractivity (Wildman–Crippen MR) is 102 cm³/mol. The van der Waals surface area contributed by atoms with Crippen LogP contribution in [0.4, 0.5) is 0 Å². The van der Waals surface area contributed by atoms with E-state index >= 15 is 0 Å². The van der Waals surface area contributed by atoms with Crippen LogP contribution in [-0.4, -0.2) is 38.8 Å². The second kappa shape index (κ2) is 9.68. The van der Waals surface area contributed by atoms with Crippen molar-refractivity contribution in [3.63, 3.8) is 0 Å². The lowest BCUT2D eigenvalue weighted by atomic mass is 10.1. The van der Waals surface area contributed by atoms with Gasteiger partial charge in [-0.2, -0.15) is 0 Å². The molecule has 2 aromatic carbocycles. The zero-order chi connectivity index (χ0) is 18.9. The lowest BCUT2D eigenvalue weighted by Crippen LogP contribution is -2.12. The molecule has 0 radical (unpaired) electrons. The molecule has 0 bridgehead atoms. The maximum atomic E-state index is 12.1. The van der Waals surface area contributed by atoms with Gasteiger partial charge in [0.1, 0.15) is 0 Å². The number of carbonyl (C=O) groups is 2. The minimum atomic E-state index is -0.607. The fourth-order valence-corrected chi connectivity index (χ4v) is 2.65. The van der Waals surface area contributed by atoms with E-state index < -0.39 is 5.97 Å². The molecule has 0 saturated heterocycles. The number of hydrogen-bond acceptors (Lipinski definition) is 6. The highest BCUT2D eigenvalue weighted by atomic mass is 32.2. The molecule has 6 heteroatoms. The van der Waals surface area contributed by atoms with Crippen LogP contribution in [0.3, 0.4) is 0 Å². The zero-order valence-corrected chi connectivity index (χ0v) is 15.7. The number of methoxy groups -OCH3 is 2. The van der Waals surface area contributed by atoms with Crippen molar-refractivity contribution in [2.75, 3.05) is 27.1 Å². The van der Waals surface area contributed by atoms with Gasteiger partial charge in [-0.1, -0.05) is 24.3 Å². The summed E-state index contributed by atoms with van der Waals surface area (Å²) in [4.78, 5) is 25.0. The van der Waals surface area contributed by atoms with Crippen LogP contribution in [0.2, 0.25) is 0 Å². The molecular weight excluding hydrogens is 352 g/mol. The third-order valence-corrected chi connectivity index (χ3v) is 4.33. The number of para-hydroxylation sites is 1. The van der Waals surface area contributed by atoms with Crippen LogP contribution >= 0.6 is 11.8 Å². The summed E-state index contributed by atoms with van der Waals surface area (Å²) in [7, 11) is 3.06. The monoisotopic (exact) mass is 372 g/mol. The highest BCUT2D eigenvalue weighted by molar-refractivity contribution is 7.98. The topological polar surface area (TPSA) is 61.8 Å². The Hall–Kier alpha value is -2.73. The van der Waals surface area contributed by atoms with E-state index in [1.165, 1.54) is 20.3 Å². The van der Waals surface area contributed by atoms with Gasteiger partial charge in [-0.25, -0.2) is 4.79 Å². The number of Topliss-reactive ketones (excluding diaryl/α,β-unsaturated/α-hetero) is 1. The lowest BCUT2D eigenvalue weighted by Gasteiger charge is -2.09. The van der Waals surface area contributed by atoms with Crippen LogP contribution in [0.5, 0.6) is 11.5 Å². The molecule has 0 aliphatic rings. The molecule has 5 nitrogen and oxygen atoms in total. The molecule has 2 rings (SSSR count). The van der Waals surface area contributed by atoms with Gasteiger partial charge in [0.05, 0.1) is 14.2 Å². The molecule has 0 fully saturated rings. The van der Waals surface area contributed by atoms with Crippen molar-refractivity contribution < 1.29 is 23.8 Å². The minimum Gasteiger partial charge on any atom is -0.493 e. The Morgan fingerprint density at radius 1 is 1.04 bits per heavy atom. The Kier molecular flexibility index (Phi) is 7.29. The molecule has 0 atom stereocenters. The highest BCUT2D eigenvalue weighted by Crippen LogP contribution is 2.31. The summed E-state index contributed by atoms with van der Waals surface area (Å²) >= 11 is 1.59. The summed E-state index contributed by atoms with van der Waals surface area (Å²) in [5, 5.41) is 0. The van der Waals surface area contributed by atoms with E-state index in [0.29, 0.717) is 22.6 Å².